The van der Waals surface area contributed by atoms with Gasteiger partial charge in [-0.15, -0.1) is 0 Å². The molecule has 14 N–H and O–H groups in total. The summed E-state index contributed by atoms with van der Waals surface area (Å²) >= 11 is 0. The van der Waals surface area contributed by atoms with Crippen molar-refractivity contribution < 1.29 is 33.5 Å². The van der Waals surface area contributed by atoms with E-state index in [1.807, 2.05) is 0 Å². The minimum Gasteiger partial charge on any atom is -0.370 e. The van der Waals surface area contributed by atoms with E-state index in [0.717, 1.165) is 0 Å². The van der Waals surface area contributed by atoms with Gasteiger partial charge in [-0.2, -0.15) is 0 Å². The van der Waals surface area contributed by atoms with Crippen molar-refractivity contribution in [1.29, 1.82) is 0 Å². The van der Waals surface area contributed by atoms with Gasteiger partial charge in [0.1, 0.15) is 30.9 Å². The van der Waals surface area contributed by atoms with E-state index < -0.39 is 66.2 Å². The van der Waals surface area contributed by atoms with Gasteiger partial charge in [-0.3, -0.25) is 28.8 Å². The average Bonchev–Trinajstić information content (AvgIpc) is 2.99. The first-order valence-electron chi connectivity index (χ1n) is 15.7. The lowest BCUT2D eigenvalue weighted by molar-refractivity contribution is -0.134. The van der Waals surface area contributed by atoms with E-state index >= 15 is 0 Å². The van der Waals surface area contributed by atoms with E-state index in [-0.39, 0.29) is 57.4 Å². The molecule has 262 valence electrons. The van der Waals surface area contributed by atoms with E-state index in [9.17, 15) is 28.8 Å². The fourth-order valence-corrected chi connectivity index (χ4v) is 4.45. The van der Waals surface area contributed by atoms with Crippen LogP contribution in [-0.4, -0.2) is 105 Å². The maximum Gasteiger partial charge on any atom is 0.245 e. The lowest BCUT2D eigenvalue weighted by atomic mass is 10.0. The summed E-state index contributed by atoms with van der Waals surface area (Å²) in [4.78, 5) is 81.3. The molecule has 0 aromatic rings. The summed E-state index contributed by atoms with van der Waals surface area (Å²) in [5.41, 5.74) is 22.2. The number of nitrogens with zero attached hydrogens (tertiary/aromatic N) is 1. The van der Waals surface area contributed by atoms with Crippen molar-refractivity contribution in [3.63, 3.8) is 0 Å². The summed E-state index contributed by atoms with van der Waals surface area (Å²) < 4.78 is 5.47. The molecule has 18 nitrogen and oxygen atoms in total. The van der Waals surface area contributed by atoms with Crippen molar-refractivity contribution in [3.8, 4) is 0 Å². The molecule has 46 heavy (non-hydrogen) atoms. The summed E-state index contributed by atoms with van der Waals surface area (Å²) in [6, 6.07) is -4.01. The Labute approximate surface area is 269 Å². The molecule has 4 atom stereocenters. The predicted molar refractivity (Wildman–Crippen MR) is 170 cm³/mol. The number of amides is 6. The molecule has 1 fully saturated rings. The number of carbonyl (C=O) groups excluding carboxylic acids is 6. The topological polar surface area (TPSA) is 300 Å². The lowest BCUT2D eigenvalue weighted by Crippen LogP contribution is -2.57. The molecule has 0 unspecified atom stereocenters. The molecule has 0 radical (unpaired) electrons. The van der Waals surface area contributed by atoms with Gasteiger partial charge >= 0.3 is 0 Å². The highest BCUT2D eigenvalue weighted by molar-refractivity contribution is 5.94. The van der Waals surface area contributed by atoms with E-state index in [1.54, 1.807) is 13.8 Å². The number of nitrogens with one attached hydrogen (secondary N) is 6. The number of nitrogens with two attached hydrogens (primary N) is 4. The molecule has 1 rings (SSSR count). The van der Waals surface area contributed by atoms with Gasteiger partial charge in [-0.1, -0.05) is 13.8 Å². The standard InChI is InChI=1S/C28H53N11O7/c1-17(2)23-27(45)37-19(8-4-6-12-30)26(44)36-18(7-3-5-11-29)25(43)35-16-46-14-10-20(38-28(31)32)24(42)34-15-22(41)33-13-9-21(40)39-23/h17-20,23H,3-16,29-30H2,1-2H3,(H,33,41)(H,34,42)(H,35,43)(H,36,44)(H,37,45)(H,39,40)(H4,31,32,38)/t18-,19-,20+,23-/m0/s1. The fraction of sp³-hybridized carbons (Fsp3) is 0.750. The Hall–Kier alpha value is -4.03. The Morgan fingerprint density at radius 3 is 1.98 bits per heavy atom. The molecule has 0 bridgehead atoms. The first-order chi connectivity index (χ1) is 21.9. The molecule has 0 saturated carbocycles. The largest absolute Gasteiger partial charge is 0.370 e. The molecule has 0 aliphatic carbocycles. The third kappa shape index (κ3) is 16.3. The van der Waals surface area contributed by atoms with Crippen molar-refractivity contribution >= 4 is 41.4 Å². The Bertz CT molecular complexity index is 1040. The minimum absolute atomic E-state index is 0.0270. The first kappa shape index (κ1) is 40.0. The zero-order valence-corrected chi connectivity index (χ0v) is 26.9. The Morgan fingerprint density at radius 2 is 1.39 bits per heavy atom. The number of carbonyl (C=O) groups is 6. The van der Waals surface area contributed by atoms with Gasteiger partial charge in [-0.25, -0.2) is 4.99 Å². The zero-order chi connectivity index (χ0) is 34.5. The van der Waals surface area contributed by atoms with Crippen LogP contribution in [0.3, 0.4) is 0 Å². The highest BCUT2D eigenvalue weighted by Gasteiger charge is 2.31. The summed E-state index contributed by atoms with van der Waals surface area (Å²) in [6.07, 6.45) is 2.73. The summed E-state index contributed by atoms with van der Waals surface area (Å²) in [6.45, 7) is 3.53. The number of rotatable bonds is 10. The summed E-state index contributed by atoms with van der Waals surface area (Å²) in [7, 11) is 0. The Morgan fingerprint density at radius 1 is 0.783 bits per heavy atom. The molecule has 6 amide bonds. The quantitative estimate of drug-likeness (QED) is 0.0616. The predicted octanol–water partition coefficient (Wildman–Crippen LogP) is -3.89. The van der Waals surface area contributed by atoms with E-state index in [4.69, 9.17) is 27.7 Å². The first-order valence-corrected chi connectivity index (χ1v) is 15.7. The van der Waals surface area contributed by atoms with Gasteiger partial charge in [0, 0.05) is 19.4 Å². The second-order valence-corrected chi connectivity index (χ2v) is 11.3. The van der Waals surface area contributed by atoms with Crippen LogP contribution in [-0.2, 0) is 33.5 Å². The van der Waals surface area contributed by atoms with Crippen LogP contribution in [0.25, 0.3) is 0 Å². The van der Waals surface area contributed by atoms with Crippen LogP contribution in [0.1, 0.15) is 65.2 Å². The van der Waals surface area contributed by atoms with Crippen LogP contribution in [0.5, 0.6) is 0 Å². The van der Waals surface area contributed by atoms with Crippen molar-refractivity contribution in [2.24, 2.45) is 33.8 Å². The van der Waals surface area contributed by atoms with E-state index in [2.05, 4.69) is 36.9 Å². The molecule has 1 aliphatic rings. The summed E-state index contributed by atoms with van der Waals surface area (Å²) in [5, 5.41) is 15.7. The SMILES string of the molecule is CC(C)[C@@H]1NC(=O)CCNC(=O)CNC(=O)[C@H](N=C(N)N)CCOCNC(=O)[C@H](CCCCN)NC(=O)[C@H](CCCCN)NC1=O. The van der Waals surface area contributed by atoms with Crippen molar-refractivity contribution in [2.75, 3.05) is 39.5 Å². The van der Waals surface area contributed by atoms with E-state index in [1.165, 1.54) is 0 Å². The number of ether oxygens (including phenoxy) is 1. The van der Waals surface area contributed by atoms with Crippen LogP contribution in [0.15, 0.2) is 4.99 Å². The van der Waals surface area contributed by atoms with Gasteiger partial charge in [0.05, 0.1) is 13.2 Å². The normalized spacial score (nSPS) is 23.7. The third-order valence-corrected chi connectivity index (χ3v) is 7.01. The lowest BCUT2D eigenvalue weighted by Gasteiger charge is -2.27. The maximum absolute atomic E-state index is 13.5. The van der Waals surface area contributed by atoms with Gasteiger partial charge in [0.25, 0.3) is 0 Å². The number of unbranched alkanes of at least 4 members (excludes halogenated alkanes) is 2. The molecule has 1 aliphatic heterocycles. The molecule has 0 aromatic heterocycles. The fourth-order valence-electron chi connectivity index (χ4n) is 4.45. The Balaban J connectivity index is 3.24. The molecule has 0 aromatic carbocycles. The van der Waals surface area contributed by atoms with Gasteiger partial charge in [0.15, 0.2) is 5.96 Å². The molecule has 0 spiro atoms. The minimum atomic E-state index is -1.07. The van der Waals surface area contributed by atoms with Crippen LogP contribution >= 0.6 is 0 Å². The molecule has 1 heterocycles. The van der Waals surface area contributed by atoms with Crippen molar-refractivity contribution in [3.05, 3.63) is 0 Å². The highest BCUT2D eigenvalue weighted by Crippen LogP contribution is 2.08. The summed E-state index contributed by atoms with van der Waals surface area (Å²) in [5.74, 6) is -4.06. The van der Waals surface area contributed by atoms with Crippen LogP contribution < -0.4 is 54.8 Å². The van der Waals surface area contributed by atoms with Gasteiger partial charge in [0.2, 0.25) is 35.4 Å². The monoisotopic (exact) mass is 655 g/mol. The van der Waals surface area contributed by atoms with Gasteiger partial charge < -0.3 is 59.6 Å². The second-order valence-electron chi connectivity index (χ2n) is 11.3. The number of hydrogen-bond donors (Lipinski definition) is 10. The molecular weight excluding hydrogens is 602 g/mol. The molecule has 18 heteroatoms. The second kappa shape index (κ2) is 22.5. The van der Waals surface area contributed by atoms with Crippen LogP contribution in [0, 0.1) is 5.92 Å². The average molecular weight is 656 g/mol. The van der Waals surface area contributed by atoms with Crippen LogP contribution in [0.4, 0.5) is 0 Å². The number of guanidine groups is 1. The number of hydrogen-bond acceptors (Lipinski definition) is 10. The highest BCUT2D eigenvalue weighted by atomic mass is 16.5. The third-order valence-electron chi connectivity index (χ3n) is 7.01. The molecule has 1 saturated heterocycles. The smallest absolute Gasteiger partial charge is 0.245 e. The van der Waals surface area contributed by atoms with Crippen molar-refractivity contribution in [2.45, 2.75) is 89.4 Å². The van der Waals surface area contributed by atoms with Gasteiger partial charge in [-0.05, 0) is 57.5 Å². The number of aliphatic imine (C=N–C) groups is 1. The maximum atomic E-state index is 13.5. The zero-order valence-electron chi connectivity index (χ0n) is 26.9. The van der Waals surface area contributed by atoms with E-state index in [0.29, 0.717) is 38.8 Å². The molecular formula is C28H53N11O7. The Kier molecular flexibility index (Phi) is 19.5. The van der Waals surface area contributed by atoms with Crippen LogP contribution in [0.2, 0.25) is 0 Å². The van der Waals surface area contributed by atoms with Crippen molar-refractivity contribution in [1.82, 2.24) is 31.9 Å².